The summed E-state index contributed by atoms with van der Waals surface area (Å²) in [6.45, 7) is 13.1. The van der Waals surface area contributed by atoms with Crippen molar-refractivity contribution >= 4 is 47.4 Å². The number of benzene rings is 3. The third-order valence-corrected chi connectivity index (χ3v) is 8.74. The van der Waals surface area contributed by atoms with Crippen LogP contribution in [0.4, 0.5) is 5.69 Å². The average molecular weight is 733 g/mol. The number of carbonyl (C=O) groups excluding carboxylic acids is 5. The highest BCUT2D eigenvalue weighted by Crippen LogP contribution is 2.30. The van der Waals surface area contributed by atoms with Gasteiger partial charge in [-0.3, -0.25) is 24.1 Å². The number of nitrogens with one attached hydrogen (secondary N) is 2. The molecule has 2 aliphatic rings. The molecule has 1 unspecified atom stereocenters. The van der Waals surface area contributed by atoms with Crippen molar-refractivity contribution in [3.63, 3.8) is 0 Å². The molecule has 0 bridgehead atoms. The summed E-state index contributed by atoms with van der Waals surface area (Å²) in [5.41, 5.74) is 5.27. The minimum Gasteiger partial charge on any atom is -0.489 e. The van der Waals surface area contributed by atoms with Gasteiger partial charge in [-0.25, -0.2) is 4.79 Å². The van der Waals surface area contributed by atoms with Crippen LogP contribution >= 0.6 is 11.6 Å². The average Bonchev–Trinajstić information content (AvgIpc) is 3.47. The molecule has 0 radical (unpaired) electrons. The number of aryl methyl sites for hydroxylation is 1. The standard InChI is InChI=1S/C30H35N3O6.C8H8ClNO.C2H6/c1-4-5-14-38-30(37)20(2)19-39-24-9-6-21(7-10-24)17-33-27(34)13-12-26(29(33)36)32-18-23-15-22(16-31-3)8-11-25(23)28(32)35;1-6-2-3-7(10-5-11)4-8(6)9;1-2/h6-11,15,26,31H,2,4-5,12-14,16-19H2,1,3H3;2-5H,1H3,(H,10,11);1-2H3. The van der Waals surface area contributed by atoms with E-state index < -0.39 is 12.0 Å². The molecule has 1 saturated heterocycles. The molecule has 0 aliphatic carbocycles. The Morgan fingerprint density at radius 3 is 2.40 bits per heavy atom. The number of hydrogen-bond acceptors (Lipinski definition) is 8. The molecule has 1 fully saturated rings. The van der Waals surface area contributed by atoms with Crippen molar-refractivity contribution in [2.75, 3.05) is 25.6 Å². The lowest BCUT2D eigenvalue weighted by atomic mass is 10.0. The number of hydrogen-bond donors (Lipinski definition) is 2. The molecule has 5 rings (SSSR count). The maximum absolute atomic E-state index is 13.4. The molecule has 12 heteroatoms. The third-order valence-electron chi connectivity index (χ3n) is 8.34. The number of amides is 4. The van der Waals surface area contributed by atoms with E-state index in [1.807, 2.05) is 59.0 Å². The van der Waals surface area contributed by atoms with Gasteiger partial charge >= 0.3 is 5.97 Å². The molecule has 0 aromatic heterocycles. The van der Waals surface area contributed by atoms with Crippen molar-refractivity contribution in [2.45, 2.75) is 79.1 Å². The summed E-state index contributed by atoms with van der Waals surface area (Å²) < 4.78 is 10.8. The van der Waals surface area contributed by atoms with Gasteiger partial charge in [-0.1, -0.05) is 75.7 Å². The van der Waals surface area contributed by atoms with Crippen LogP contribution in [0.3, 0.4) is 0 Å². The van der Waals surface area contributed by atoms with Gasteiger partial charge < -0.3 is 25.0 Å². The molecule has 1 atom stereocenters. The van der Waals surface area contributed by atoms with Crippen molar-refractivity contribution in [1.82, 2.24) is 15.1 Å². The number of fused-ring (bicyclic) bond motifs is 1. The predicted octanol–water partition coefficient (Wildman–Crippen LogP) is 6.60. The topological polar surface area (TPSA) is 134 Å². The molecular weight excluding hydrogens is 684 g/mol. The number of ether oxygens (including phenoxy) is 2. The Labute approximate surface area is 311 Å². The molecule has 278 valence electrons. The number of likely N-dealkylation sites (tertiary alicyclic amines) is 1. The fourth-order valence-corrected chi connectivity index (χ4v) is 5.68. The monoisotopic (exact) mass is 732 g/mol. The SMILES string of the molecule is C=C(COc1ccc(CN2C(=O)CCC(N3Cc4cc(CNC)ccc4C3=O)C2=O)cc1)C(=O)OCCCC.CC.Cc1ccc(NC=O)cc1Cl. The second kappa shape index (κ2) is 20.8. The summed E-state index contributed by atoms with van der Waals surface area (Å²) in [5.74, 6) is -0.745. The predicted molar refractivity (Wildman–Crippen MR) is 202 cm³/mol. The molecule has 2 aliphatic heterocycles. The molecule has 3 aromatic carbocycles. The highest BCUT2D eigenvalue weighted by atomic mass is 35.5. The zero-order chi connectivity index (χ0) is 38.2. The van der Waals surface area contributed by atoms with Crippen molar-refractivity contribution in [3.8, 4) is 5.75 Å². The van der Waals surface area contributed by atoms with Gasteiger partial charge in [-0.15, -0.1) is 0 Å². The Bertz CT molecular complexity index is 1730. The maximum Gasteiger partial charge on any atom is 0.336 e. The molecule has 3 aromatic rings. The fourth-order valence-electron chi connectivity index (χ4n) is 5.50. The highest BCUT2D eigenvalue weighted by molar-refractivity contribution is 6.31. The smallest absolute Gasteiger partial charge is 0.336 e. The summed E-state index contributed by atoms with van der Waals surface area (Å²) in [4.78, 5) is 64.0. The third kappa shape index (κ3) is 11.2. The quantitative estimate of drug-likeness (QED) is 0.0623. The van der Waals surface area contributed by atoms with Crippen LogP contribution < -0.4 is 15.4 Å². The van der Waals surface area contributed by atoms with Crippen LogP contribution in [0.25, 0.3) is 0 Å². The minimum absolute atomic E-state index is 0.00220. The Morgan fingerprint density at radius 1 is 1.04 bits per heavy atom. The van der Waals surface area contributed by atoms with Gasteiger partial charge in [0.15, 0.2) is 0 Å². The van der Waals surface area contributed by atoms with E-state index in [2.05, 4.69) is 17.2 Å². The van der Waals surface area contributed by atoms with Gasteiger partial charge in [0.25, 0.3) is 11.8 Å². The van der Waals surface area contributed by atoms with Gasteiger partial charge in [-0.2, -0.15) is 0 Å². The van der Waals surface area contributed by atoms with Crippen LogP contribution in [0.1, 0.15) is 79.1 Å². The highest BCUT2D eigenvalue weighted by Gasteiger charge is 2.42. The number of unbranched alkanes of at least 4 members (excludes halogenated alkanes) is 1. The summed E-state index contributed by atoms with van der Waals surface area (Å²) in [5, 5.41) is 6.28. The molecule has 0 spiro atoms. The summed E-state index contributed by atoms with van der Waals surface area (Å²) in [6.07, 6.45) is 2.86. The van der Waals surface area contributed by atoms with E-state index in [0.717, 1.165) is 40.8 Å². The van der Waals surface area contributed by atoms with E-state index in [1.54, 1.807) is 41.3 Å². The zero-order valence-corrected chi connectivity index (χ0v) is 31.4. The molecule has 11 nitrogen and oxygen atoms in total. The Hall–Kier alpha value is -5.00. The summed E-state index contributed by atoms with van der Waals surface area (Å²) >= 11 is 5.79. The summed E-state index contributed by atoms with van der Waals surface area (Å²) in [7, 11) is 1.86. The number of piperidine rings is 1. The first-order chi connectivity index (χ1) is 25.1. The van der Waals surface area contributed by atoms with Crippen molar-refractivity contribution in [2.24, 2.45) is 0 Å². The second-order valence-electron chi connectivity index (χ2n) is 12.1. The molecule has 52 heavy (non-hydrogen) atoms. The van der Waals surface area contributed by atoms with Crippen LogP contribution in [0, 0.1) is 6.92 Å². The van der Waals surface area contributed by atoms with Crippen LogP contribution in [0.2, 0.25) is 5.02 Å². The Balaban J connectivity index is 0.000000475. The molecule has 2 heterocycles. The van der Waals surface area contributed by atoms with Gasteiger partial charge in [0.05, 0.1) is 18.7 Å². The second-order valence-corrected chi connectivity index (χ2v) is 12.5. The lowest BCUT2D eigenvalue weighted by Gasteiger charge is -2.35. The number of esters is 1. The zero-order valence-electron chi connectivity index (χ0n) is 30.6. The first-order valence-corrected chi connectivity index (χ1v) is 17.9. The number of imide groups is 1. The van der Waals surface area contributed by atoms with Crippen molar-refractivity contribution in [1.29, 1.82) is 0 Å². The number of anilines is 1. The van der Waals surface area contributed by atoms with Gasteiger partial charge in [0, 0.05) is 35.8 Å². The number of halogens is 1. The van der Waals surface area contributed by atoms with Crippen LogP contribution in [0.15, 0.2) is 72.8 Å². The van der Waals surface area contributed by atoms with Gasteiger partial charge in [0.2, 0.25) is 12.3 Å². The molecule has 0 saturated carbocycles. The lowest BCUT2D eigenvalue weighted by Crippen LogP contribution is -2.54. The normalized spacial score (nSPS) is 14.7. The Kier molecular flexibility index (Phi) is 16.5. The van der Waals surface area contributed by atoms with Crippen molar-refractivity contribution < 1.29 is 33.4 Å². The fraction of sp³-hybridized carbons (Fsp3) is 0.375. The molecular formula is C40H49ClN4O7. The van der Waals surface area contributed by atoms with Gasteiger partial charge in [0.1, 0.15) is 18.4 Å². The maximum atomic E-state index is 13.4. The van der Waals surface area contributed by atoms with Crippen LogP contribution in [-0.4, -0.2) is 66.2 Å². The lowest BCUT2D eigenvalue weighted by molar-refractivity contribution is -0.153. The van der Waals surface area contributed by atoms with Gasteiger partial charge in [-0.05, 0) is 79.4 Å². The Morgan fingerprint density at radius 2 is 1.75 bits per heavy atom. The van der Waals surface area contributed by atoms with E-state index in [-0.39, 0.29) is 42.9 Å². The van der Waals surface area contributed by atoms with E-state index in [0.29, 0.717) is 48.9 Å². The van der Waals surface area contributed by atoms with E-state index in [9.17, 15) is 24.0 Å². The molecule has 4 amide bonds. The van der Waals surface area contributed by atoms with E-state index in [1.165, 1.54) is 4.90 Å². The van der Waals surface area contributed by atoms with Crippen molar-refractivity contribution in [3.05, 3.63) is 106 Å². The number of carbonyl (C=O) groups is 5. The molecule has 2 N–H and O–H groups in total. The number of rotatable bonds is 14. The van der Waals surface area contributed by atoms with E-state index >= 15 is 0 Å². The van der Waals surface area contributed by atoms with Crippen LogP contribution in [-0.2, 0) is 43.5 Å². The van der Waals surface area contributed by atoms with E-state index in [4.69, 9.17) is 21.1 Å². The number of nitrogens with zero attached hydrogens (tertiary/aromatic N) is 2. The largest absolute Gasteiger partial charge is 0.489 e. The first-order valence-electron chi connectivity index (χ1n) is 17.5. The summed E-state index contributed by atoms with van der Waals surface area (Å²) in [6, 6.07) is 17.4. The van der Waals surface area contributed by atoms with Crippen LogP contribution in [0.5, 0.6) is 5.75 Å². The first kappa shape index (κ1) is 41.4. The minimum atomic E-state index is -0.680.